The predicted octanol–water partition coefficient (Wildman–Crippen LogP) is 3.47. The van der Waals surface area contributed by atoms with Gasteiger partial charge >= 0.3 is 0 Å². The normalized spacial score (nSPS) is 16.9. The number of benzene rings is 1. The summed E-state index contributed by atoms with van der Waals surface area (Å²) in [5.74, 6) is 1.08. The topological polar surface area (TPSA) is 124 Å². The van der Waals surface area contributed by atoms with Gasteiger partial charge in [0.15, 0.2) is 0 Å². The van der Waals surface area contributed by atoms with Gasteiger partial charge in [-0.15, -0.1) is 11.3 Å². The minimum absolute atomic E-state index is 0.0958. The van der Waals surface area contributed by atoms with E-state index >= 15 is 0 Å². The fourth-order valence-corrected chi connectivity index (χ4v) is 6.89. The van der Waals surface area contributed by atoms with E-state index in [1.807, 2.05) is 0 Å². The van der Waals surface area contributed by atoms with Crippen LogP contribution in [0.1, 0.15) is 23.6 Å². The van der Waals surface area contributed by atoms with E-state index in [-0.39, 0.29) is 17.3 Å². The van der Waals surface area contributed by atoms with Crippen molar-refractivity contribution in [3.8, 4) is 22.2 Å². The SMILES string of the molecule is COc1ccc(NC(=O)[C@H]2CCCN(S(=O)(=O)c3cc(-c4noc(C)n4)sc3C)C2)c(OC)c1. The van der Waals surface area contributed by atoms with Crippen molar-refractivity contribution in [3.63, 3.8) is 0 Å². The van der Waals surface area contributed by atoms with Crippen LogP contribution in [0.4, 0.5) is 5.69 Å². The minimum Gasteiger partial charge on any atom is -0.497 e. The van der Waals surface area contributed by atoms with Crippen LogP contribution in [-0.4, -0.2) is 56.1 Å². The van der Waals surface area contributed by atoms with Crippen molar-refractivity contribution in [2.24, 2.45) is 5.92 Å². The number of carbonyl (C=O) groups is 1. The summed E-state index contributed by atoms with van der Waals surface area (Å²) in [6.45, 7) is 3.87. The molecule has 1 atom stereocenters. The lowest BCUT2D eigenvalue weighted by Crippen LogP contribution is -2.43. The minimum atomic E-state index is -3.80. The van der Waals surface area contributed by atoms with E-state index in [1.54, 1.807) is 45.2 Å². The number of sulfonamides is 1. The van der Waals surface area contributed by atoms with Gasteiger partial charge in [-0.2, -0.15) is 9.29 Å². The van der Waals surface area contributed by atoms with Crippen molar-refractivity contribution in [1.82, 2.24) is 14.4 Å². The summed E-state index contributed by atoms with van der Waals surface area (Å²) in [5, 5.41) is 6.75. The van der Waals surface area contributed by atoms with Crippen LogP contribution in [0.25, 0.3) is 10.7 Å². The maximum absolute atomic E-state index is 13.5. The highest BCUT2D eigenvalue weighted by Gasteiger charge is 2.35. The van der Waals surface area contributed by atoms with Gasteiger partial charge in [0.2, 0.25) is 27.6 Å². The zero-order valence-corrected chi connectivity index (χ0v) is 21.0. The van der Waals surface area contributed by atoms with Crippen LogP contribution in [0.15, 0.2) is 33.7 Å². The second kappa shape index (κ2) is 9.72. The zero-order chi connectivity index (χ0) is 24.5. The number of anilines is 1. The average molecular weight is 507 g/mol. The number of carbonyl (C=O) groups excluding carboxylic acids is 1. The lowest BCUT2D eigenvalue weighted by atomic mass is 9.98. The Bertz CT molecular complexity index is 1300. The van der Waals surface area contributed by atoms with Gasteiger partial charge in [0.25, 0.3) is 0 Å². The first-order valence-electron chi connectivity index (χ1n) is 10.7. The maximum atomic E-state index is 13.5. The summed E-state index contributed by atoms with van der Waals surface area (Å²) in [6.07, 6.45) is 1.17. The molecule has 1 aromatic carbocycles. The molecule has 34 heavy (non-hydrogen) atoms. The van der Waals surface area contributed by atoms with E-state index in [4.69, 9.17) is 14.0 Å². The van der Waals surface area contributed by atoms with E-state index in [0.717, 1.165) is 0 Å². The Morgan fingerprint density at radius 2 is 2.03 bits per heavy atom. The number of hydrogen-bond acceptors (Lipinski definition) is 9. The third kappa shape index (κ3) is 4.79. The summed E-state index contributed by atoms with van der Waals surface area (Å²) in [5.41, 5.74) is 0.502. The molecule has 0 bridgehead atoms. The highest BCUT2D eigenvalue weighted by Crippen LogP contribution is 2.35. The Morgan fingerprint density at radius 1 is 1.24 bits per heavy atom. The van der Waals surface area contributed by atoms with Crippen molar-refractivity contribution < 1.29 is 27.2 Å². The van der Waals surface area contributed by atoms with Crippen LogP contribution in [-0.2, 0) is 14.8 Å². The molecule has 1 amide bonds. The number of nitrogens with zero attached hydrogens (tertiary/aromatic N) is 3. The first-order valence-corrected chi connectivity index (χ1v) is 12.9. The number of aryl methyl sites for hydroxylation is 2. The second-order valence-electron chi connectivity index (χ2n) is 7.93. The van der Waals surface area contributed by atoms with Crippen LogP contribution in [0, 0.1) is 19.8 Å². The van der Waals surface area contributed by atoms with E-state index in [9.17, 15) is 13.2 Å². The number of methoxy groups -OCH3 is 2. The van der Waals surface area contributed by atoms with Gasteiger partial charge in [0, 0.05) is 31.0 Å². The number of aromatic nitrogens is 2. The molecule has 1 aliphatic heterocycles. The quantitative estimate of drug-likeness (QED) is 0.517. The van der Waals surface area contributed by atoms with Crippen LogP contribution in [0.3, 0.4) is 0 Å². The number of piperidine rings is 1. The molecule has 1 aliphatic rings. The standard InChI is InChI=1S/C22H26N4O6S2/c1-13-20(11-19(33-13)21-23-14(2)32-25-21)34(28,29)26-9-5-6-15(12-26)22(27)24-17-8-7-16(30-3)10-18(17)31-4/h7-8,10-11,15H,5-6,9,12H2,1-4H3,(H,24,27)/t15-/m0/s1. The third-order valence-electron chi connectivity index (χ3n) is 5.66. The molecule has 10 nitrogen and oxygen atoms in total. The lowest BCUT2D eigenvalue weighted by Gasteiger charge is -2.31. The van der Waals surface area contributed by atoms with Crippen molar-refractivity contribution in [1.29, 1.82) is 0 Å². The van der Waals surface area contributed by atoms with Crippen molar-refractivity contribution in [3.05, 3.63) is 35.0 Å². The third-order valence-corrected chi connectivity index (χ3v) is 8.83. The summed E-state index contributed by atoms with van der Waals surface area (Å²) < 4.78 is 43.8. The number of thiophene rings is 1. The summed E-state index contributed by atoms with van der Waals surface area (Å²) in [6, 6.07) is 6.67. The van der Waals surface area contributed by atoms with E-state index < -0.39 is 15.9 Å². The van der Waals surface area contributed by atoms with Crippen molar-refractivity contribution in [2.45, 2.75) is 31.6 Å². The Hall–Kier alpha value is -2.96. The molecule has 2 aromatic heterocycles. The highest BCUT2D eigenvalue weighted by atomic mass is 32.2. The molecule has 1 N–H and O–H groups in total. The van der Waals surface area contributed by atoms with Crippen molar-refractivity contribution in [2.75, 3.05) is 32.6 Å². The number of rotatable bonds is 7. The number of amides is 1. The van der Waals surface area contributed by atoms with Gasteiger partial charge in [0.05, 0.1) is 35.6 Å². The molecule has 1 fully saturated rings. The van der Waals surface area contributed by atoms with Crippen LogP contribution < -0.4 is 14.8 Å². The maximum Gasteiger partial charge on any atom is 0.244 e. The van der Waals surface area contributed by atoms with Gasteiger partial charge < -0.3 is 19.3 Å². The van der Waals surface area contributed by atoms with Crippen LogP contribution in [0.5, 0.6) is 11.5 Å². The Morgan fingerprint density at radius 3 is 2.71 bits per heavy atom. The molecule has 4 rings (SSSR count). The molecule has 0 aliphatic carbocycles. The average Bonchev–Trinajstić information content (AvgIpc) is 3.45. The fourth-order valence-electron chi connectivity index (χ4n) is 3.88. The molecule has 0 radical (unpaired) electrons. The van der Waals surface area contributed by atoms with Crippen molar-refractivity contribution >= 4 is 33.0 Å². The van der Waals surface area contributed by atoms with E-state index in [2.05, 4.69) is 15.5 Å². The predicted molar refractivity (Wildman–Crippen MR) is 127 cm³/mol. The fraction of sp³-hybridized carbons (Fsp3) is 0.409. The monoisotopic (exact) mass is 506 g/mol. The molecule has 1 saturated heterocycles. The van der Waals surface area contributed by atoms with Gasteiger partial charge in [-0.3, -0.25) is 4.79 Å². The second-order valence-corrected chi connectivity index (χ2v) is 11.1. The van der Waals surface area contributed by atoms with Gasteiger partial charge in [-0.1, -0.05) is 5.16 Å². The first-order chi connectivity index (χ1) is 16.2. The molecule has 0 unspecified atom stereocenters. The number of ether oxygens (including phenoxy) is 2. The van der Waals surface area contributed by atoms with Crippen LogP contribution in [0.2, 0.25) is 0 Å². The molecule has 0 saturated carbocycles. The lowest BCUT2D eigenvalue weighted by molar-refractivity contribution is -0.120. The molecule has 3 heterocycles. The van der Waals surface area contributed by atoms with E-state index in [1.165, 1.54) is 22.8 Å². The zero-order valence-electron chi connectivity index (χ0n) is 19.3. The molecule has 0 spiro atoms. The molecular weight excluding hydrogens is 480 g/mol. The Labute approximate surface area is 201 Å². The molecular formula is C22H26N4O6S2. The van der Waals surface area contributed by atoms with Crippen LogP contribution >= 0.6 is 11.3 Å². The van der Waals surface area contributed by atoms with E-state index in [0.29, 0.717) is 58.0 Å². The first kappa shape index (κ1) is 24.2. The number of hydrogen-bond donors (Lipinski definition) is 1. The Balaban J connectivity index is 1.51. The Kier molecular flexibility index (Phi) is 6.91. The number of nitrogens with one attached hydrogen (secondary N) is 1. The summed E-state index contributed by atoms with van der Waals surface area (Å²) in [7, 11) is -0.744. The molecule has 12 heteroatoms. The van der Waals surface area contributed by atoms with Gasteiger partial charge in [-0.25, -0.2) is 8.42 Å². The molecule has 182 valence electrons. The van der Waals surface area contributed by atoms with Gasteiger partial charge in [-0.05, 0) is 38.0 Å². The highest BCUT2D eigenvalue weighted by molar-refractivity contribution is 7.89. The molecule has 3 aromatic rings. The van der Waals surface area contributed by atoms with Gasteiger partial charge in [0.1, 0.15) is 11.5 Å². The summed E-state index contributed by atoms with van der Waals surface area (Å²) >= 11 is 1.29. The smallest absolute Gasteiger partial charge is 0.244 e. The largest absolute Gasteiger partial charge is 0.497 e. The summed E-state index contributed by atoms with van der Waals surface area (Å²) in [4.78, 5) is 18.6.